The summed E-state index contributed by atoms with van der Waals surface area (Å²) < 4.78 is 5.13. The van der Waals surface area contributed by atoms with Crippen molar-refractivity contribution in [1.29, 1.82) is 0 Å². The van der Waals surface area contributed by atoms with E-state index in [-0.39, 0.29) is 0 Å². The van der Waals surface area contributed by atoms with Crippen molar-refractivity contribution in [2.45, 2.75) is 64.9 Å². The second-order valence-corrected chi connectivity index (χ2v) is 3.84. The van der Waals surface area contributed by atoms with Gasteiger partial charge in [-0.2, -0.15) is 0 Å². The van der Waals surface area contributed by atoms with Crippen LogP contribution in [0, 0.1) is 0 Å². The van der Waals surface area contributed by atoms with Crippen molar-refractivity contribution >= 4 is 5.97 Å². The largest absolute Gasteiger partial charge is 0.479 e. The summed E-state index contributed by atoms with van der Waals surface area (Å²) in [5.41, 5.74) is 0. The van der Waals surface area contributed by atoms with Crippen LogP contribution in [0.3, 0.4) is 0 Å². The minimum absolute atomic E-state index is 0.479. The highest BCUT2D eigenvalue weighted by Gasteiger charge is 2.15. The Kier molecular flexibility index (Phi) is 9.59. The number of aliphatic carboxylic acids is 1. The number of unbranched alkanes of at least 4 members (excludes halogenated alkanes) is 5. The van der Waals surface area contributed by atoms with E-state index in [0.29, 0.717) is 13.0 Å². The number of carboxylic acids is 1. The van der Waals surface area contributed by atoms with Crippen molar-refractivity contribution in [3.8, 4) is 0 Å². The van der Waals surface area contributed by atoms with Gasteiger partial charge in [-0.05, 0) is 13.3 Å². The number of hydrogen-bond donors (Lipinski definition) is 1. The topological polar surface area (TPSA) is 46.5 Å². The van der Waals surface area contributed by atoms with E-state index in [9.17, 15) is 4.79 Å². The molecule has 3 nitrogen and oxygen atoms in total. The molecule has 0 aromatic rings. The highest BCUT2D eigenvalue weighted by molar-refractivity contribution is 5.72. The second kappa shape index (κ2) is 9.97. The predicted octanol–water partition coefficient (Wildman–Crippen LogP) is 3.23. The van der Waals surface area contributed by atoms with Gasteiger partial charge in [-0.1, -0.05) is 45.4 Å². The molecule has 3 heteroatoms. The van der Waals surface area contributed by atoms with E-state index in [1.54, 1.807) is 0 Å². The summed E-state index contributed by atoms with van der Waals surface area (Å²) in [4.78, 5) is 10.7. The molecule has 0 aliphatic carbocycles. The molecule has 15 heavy (non-hydrogen) atoms. The van der Waals surface area contributed by atoms with Gasteiger partial charge in [0.2, 0.25) is 0 Å². The molecule has 1 unspecified atom stereocenters. The highest BCUT2D eigenvalue weighted by Crippen LogP contribution is 2.10. The molecular weight excluding hydrogens is 192 g/mol. The molecule has 0 fully saturated rings. The van der Waals surface area contributed by atoms with Crippen LogP contribution < -0.4 is 0 Å². The van der Waals surface area contributed by atoms with E-state index >= 15 is 0 Å². The van der Waals surface area contributed by atoms with Crippen LogP contribution in [0.15, 0.2) is 0 Å². The molecule has 1 atom stereocenters. The zero-order valence-electron chi connectivity index (χ0n) is 10.00. The average molecular weight is 216 g/mol. The molecule has 0 heterocycles. The van der Waals surface area contributed by atoms with Gasteiger partial charge in [0.15, 0.2) is 6.10 Å². The molecule has 0 rings (SSSR count). The van der Waals surface area contributed by atoms with Crippen molar-refractivity contribution in [3.63, 3.8) is 0 Å². The van der Waals surface area contributed by atoms with Crippen LogP contribution in [-0.2, 0) is 9.53 Å². The molecule has 0 amide bonds. The maximum absolute atomic E-state index is 10.7. The maximum atomic E-state index is 10.7. The Balaban J connectivity index is 3.41. The van der Waals surface area contributed by atoms with E-state index in [2.05, 4.69) is 6.92 Å². The molecule has 1 N–H and O–H groups in total. The molecule has 0 aromatic heterocycles. The molecule has 0 saturated carbocycles. The van der Waals surface area contributed by atoms with Gasteiger partial charge in [0.05, 0.1) is 0 Å². The molecule has 0 aliphatic heterocycles. The van der Waals surface area contributed by atoms with E-state index in [4.69, 9.17) is 9.84 Å². The summed E-state index contributed by atoms with van der Waals surface area (Å²) in [6.45, 7) is 4.50. The molecule has 90 valence electrons. The second-order valence-electron chi connectivity index (χ2n) is 3.84. The number of carbonyl (C=O) groups is 1. The number of rotatable bonds is 10. The molecule has 0 spiro atoms. The van der Waals surface area contributed by atoms with Crippen LogP contribution in [0.2, 0.25) is 0 Å². The van der Waals surface area contributed by atoms with Gasteiger partial charge in [0, 0.05) is 6.61 Å². The smallest absolute Gasteiger partial charge is 0.332 e. The van der Waals surface area contributed by atoms with E-state index < -0.39 is 12.1 Å². The fraction of sp³-hybridized carbons (Fsp3) is 0.917. The van der Waals surface area contributed by atoms with Crippen molar-refractivity contribution in [2.75, 3.05) is 6.61 Å². The van der Waals surface area contributed by atoms with E-state index in [1.807, 2.05) is 6.92 Å². The van der Waals surface area contributed by atoms with Crippen LogP contribution in [0.1, 0.15) is 58.8 Å². The van der Waals surface area contributed by atoms with Crippen molar-refractivity contribution in [1.82, 2.24) is 0 Å². The Hall–Kier alpha value is -0.570. The SMILES string of the molecule is CCCCCCCCC(OCC)C(=O)O. The Bertz CT molecular complexity index is 157. The Morgan fingerprint density at radius 3 is 2.27 bits per heavy atom. The van der Waals surface area contributed by atoms with Crippen molar-refractivity contribution < 1.29 is 14.6 Å². The lowest BCUT2D eigenvalue weighted by atomic mass is 10.1. The summed E-state index contributed by atoms with van der Waals surface area (Å²) >= 11 is 0. The first-order valence-corrected chi connectivity index (χ1v) is 6.06. The van der Waals surface area contributed by atoms with Gasteiger partial charge in [-0.25, -0.2) is 4.79 Å². The normalized spacial score (nSPS) is 12.7. The lowest BCUT2D eigenvalue weighted by Gasteiger charge is -2.11. The minimum Gasteiger partial charge on any atom is -0.479 e. The monoisotopic (exact) mass is 216 g/mol. The summed E-state index contributed by atoms with van der Waals surface area (Å²) in [6, 6.07) is 0. The lowest BCUT2D eigenvalue weighted by Crippen LogP contribution is -2.23. The lowest BCUT2D eigenvalue weighted by molar-refractivity contribution is -0.150. The van der Waals surface area contributed by atoms with Crippen LogP contribution >= 0.6 is 0 Å². The van der Waals surface area contributed by atoms with Crippen LogP contribution in [0.25, 0.3) is 0 Å². The summed E-state index contributed by atoms with van der Waals surface area (Å²) in [6.07, 6.45) is 7.15. The maximum Gasteiger partial charge on any atom is 0.332 e. The third-order valence-corrected chi connectivity index (χ3v) is 2.46. The summed E-state index contributed by atoms with van der Waals surface area (Å²) in [5.74, 6) is -0.828. The van der Waals surface area contributed by atoms with Crippen LogP contribution in [0.4, 0.5) is 0 Å². The van der Waals surface area contributed by atoms with Gasteiger partial charge in [0.1, 0.15) is 0 Å². The first-order valence-electron chi connectivity index (χ1n) is 6.06. The first kappa shape index (κ1) is 14.4. The fourth-order valence-electron chi connectivity index (χ4n) is 1.59. The fourth-order valence-corrected chi connectivity index (χ4v) is 1.59. The quantitative estimate of drug-likeness (QED) is 0.570. The Morgan fingerprint density at radius 1 is 1.13 bits per heavy atom. The average Bonchev–Trinajstić information content (AvgIpc) is 2.21. The predicted molar refractivity (Wildman–Crippen MR) is 61.0 cm³/mol. The van der Waals surface area contributed by atoms with Gasteiger partial charge < -0.3 is 9.84 Å². The first-order chi connectivity index (χ1) is 7.22. The number of carboxylic acid groups (broad SMARTS) is 1. The van der Waals surface area contributed by atoms with Crippen LogP contribution in [-0.4, -0.2) is 23.8 Å². The molecular formula is C12H24O3. The Labute approximate surface area is 92.8 Å². The molecule has 0 bridgehead atoms. The van der Waals surface area contributed by atoms with Crippen molar-refractivity contribution in [3.05, 3.63) is 0 Å². The standard InChI is InChI=1S/C12H24O3/c1-3-5-6-7-8-9-10-11(12(13)14)15-4-2/h11H,3-10H2,1-2H3,(H,13,14). The molecule has 0 saturated heterocycles. The zero-order valence-corrected chi connectivity index (χ0v) is 10.00. The molecule has 0 radical (unpaired) electrons. The number of ether oxygens (including phenoxy) is 1. The van der Waals surface area contributed by atoms with Gasteiger partial charge >= 0.3 is 5.97 Å². The third kappa shape index (κ3) is 8.43. The van der Waals surface area contributed by atoms with Gasteiger partial charge in [-0.3, -0.25) is 0 Å². The minimum atomic E-state index is -0.828. The van der Waals surface area contributed by atoms with Crippen LogP contribution in [0.5, 0.6) is 0 Å². The van der Waals surface area contributed by atoms with Crippen molar-refractivity contribution in [2.24, 2.45) is 0 Å². The van der Waals surface area contributed by atoms with Gasteiger partial charge in [0.25, 0.3) is 0 Å². The van der Waals surface area contributed by atoms with Gasteiger partial charge in [-0.15, -0.1) is 0 Å². The molecule has 0 aromatic carbocycles. The van der Waals surface area contributed by atoms with E-state index in [0.717, 1.165) is 12.8 Å². The summed E-state index contributed by atoms with van der Waals surface area (Å²) in [7, 11) is 0. The highest BCUT2D eigenvalue weighted by atomic mass is 16.5. The number of hydrogen-bond acceptors (Lipinski definition) is 2. The Morgan fingerprint density at radius 2 is 1.73 bits per heavy atom. The molecule has 0 aliphatic rings. The zero-order chi connectivity index (χ0) is 11.5. The summed E-state index contributed by atoms with van der Waals surface area (Å²) in [5, 5.41) is 8.82. The third-order valence-electron chi connectivity index (χ3n) is 2.46. The van der Waals surface area contributed by atoms with E-state index in [1.165, 1.54) is 25.7 Å².